The number of hydrogen-bond acceptors (Lipinski definition) is 1. The van der Waals surface area contributed by atoms with Gasteiger partial charge in [0.1, 0.15) is 0 Å². The van der Waals surface area contributed by atoms with Crippen molar-refractivity contribution in [3.63, 3.8) is 0 Å². The highest BCUT2D eigenvalue weighted by Crippen LogP contribution is 2.57. The van der Waals surface area contributed by atoms with Gasteiger partial charge in [0.25, 0.3) is 0 Å². The molecule has 1 aromatic carbocycles. The molecule has 0 amide bonds. The molecule has 3 atom stereocenters. The molecule has 1 nitrogen and oxygen atoms in total. The van der Waals surface area contributed by atoms with E-state index in [4.69, 9.17) is 0 Å². The Labute approximate surface area is 108 Å². The summed E-state index contributed by atoms with van der Waals surface area (Å²) in [5.74, 6) is 1.62. The second-order valence-corrected chi connectivity index (χ2v) is 6.28. The molecule has 1 aromatic rings. The Morgan fingerprint density at radius 1 is 1.28 bits per heavy atom. The zero-order valence-electron chi connectivity index (χ0n) is 10.8. The first-order valence-electron chi connectivity index (χ1n) is 7.02. The average Bonchev–Trinajstić information content (AvgIpc) is 2.96. The first kappa shape index (κ1) is 10.5. The van der Waals surface area contributed by atoms with Crippen molar-refractivity contribution in [3.8, 4) is 0 Å². The van der Waals surface area contributed by atoms with Crippen LogP contribution in [0, 0.1) is 24.2 Å². The Morgan fingerprint density at radius 2 is 2.17 bits per heavy atom. The topological polar surface area (TPSA) is 17.1 Å². The largest absolute Gasteiger partial charge is 0.294 e. The van der Waals surface area contributed by atoms with E-state index in [2.05, 4.69) is 25.1 Å². The van der Waals surface area contributed by atoms with Crippen LogP contribution in [0.2, 0.25) is 0 Å². The highest BCUT2D eigenvalue weighted by molar-refractivity contribution is 6.03. The highest BCUT2D eigenvalue weighted by Gasteiger charge is 2.54. The normalized spacial score (nSPS) is 36.4. The van der Waals surface area contributed by atoms with E-state index >= 15 is 0 Å². The number of allylic oxidation sites excluding steroid dienone is 2. The predicted octanol–water partition coefficient (Wildman–Crippen LogP) is 3.71. The molecule has 0 N–H and O–H groups in total. The smallest absolute Gasteiger partial charge is 0.169 e. The molecule has 3 aliphatic carbocycles. The molecule has 1 saturated carbocycles. The van der Waals surface area contributed by atoms with Crippen molar-refractivity contribution < 1.29 is 4.79 Å². The van der Waals surface area contributed by atoms with Gasteiger partial charge in [-0.2, -0.15) is 0 Å². The second kappa shape index (κ2) is 3.34. The standard InChI is InChI=1S/C17H18O/c1-11-3-2-4-15-14(11)7-8-17(16(15)18)10-12-5-6-13(17)9-12/h2-6,12-13H,7-10H2,1H3. The van der Waals surface area contributed by atoms with Gasteiger partial charge in [0.2, 0.25) is 0 Å². The number of ketones is 1. The van der Waals surface area contributed by atoms with Gasteiger partial charge in [-0.3, -0.25) is 4.79 Å². The number of rotatable bonds is 0. The lowest BCUT2D eigenvalue weighted by Crippen LogP contribution is -2.39. The van der Waals surface area contributed by atoms with Crippen LogP contribution in [0.15, 0.2) is 30.4 Å². The van der Waals surface area contributed by atoms with Crippen molar-refractivity contribution in [2.45, 2.75) is 32.6 Å². The van der Waals surface area contributed by atoms with Gasteiger partial charge in [0.15, 0.2) is 5.78 Å². The summed E-state index contributed by atoms with van der Waals surface area (Å²) < 4.78 is 0. The van der Waals surface area contributed by atoms with Crippen LogP contribution in [-0.4, -0.2) is 5.78 Å². The van der Waals surface area contributed by atoms with E-state index in [0.717, 1.165) is 24.8 Å². The third kappa shape index (κ3) is 1.15. The minimum Gasteiger partial charge on any atom is -0.294 e. The van der Waals surface area contributed by atoms with Crippen LogP contribution in [0.5, 0.6) is 0 Å². The van der Waals surface area contributed by atoms with E-state index in [1.807, 2.05) is 12.1 Å². The van der Waals surface area contributed by atoms with Crippen LogP contribution in [0.25, 0.3) is 0 Å². The van der Waals surface area contributed by atoms with E-state index < -0.39 is 0 Å². The van der Waals surface area contributed by atoms with Crippen molar-refractivity contribution in [2.24, 2.45) is 17.3 Å². The van der Waals surface area contributed by atoms with Crippen LogP contribution >= 0.6 is 0 Å². The van der Waals surface area contributed by atoms with Crippen molar-refractivity contribution in [1.29, 1.82) is 0 Å². The summed E-state index contributed by atoms with van der Waals surface area (Å²) in [5, 5.41) is 0. The lowest BCUT2D eigenvalue weighted by molar-refractivity contribution is 0.0702. The van der Waals surface area contributed by atoms with Crippen LogP contribution in [0.3, 0.4) is 0 Å². The van der Waals surface area contributed by atoms with Crippen LogP contribution < -0.4 is 0 Å². The van der Waals surface area contributed by atoms with Crippen molar-refractivity contribution in [1.82, 2.24) is 0 Å². The molecule has 0 aromatic heterocycles. The van der Waals surface area contributed by atoms with Crippen LogP contribution in [0.4, 0.5) is 0 Å². The Kier molecular flexibility index (Phi) is 1.96. The summed E-state index contributed by atoms with van der Waals surface area (Å²) in [7, 11) is 0. The molecular weight excluding hydrogens is 220 g/mol. The third-order valence-corrected chi connectivity index (χ3v) is 5.44. The zero-order chi connectivity index (χ0) is 12.3. The highest BCUT2D eigenvalue weighted by atomic mass is 16.1. The average molecular weight is 238 g/mol. The van der Waals surface area contributed by atoms with E-state index in [1.54, 1.807) is 0 Å². The molecule has 4 rings (SSSR count). The fourth-order valence-corrected chi connectivity index (χ4v) is 4.48. The minimum atomic E-state index is -0.0415. The molecule has 0 heterocycles. The minimum absolute atomic E-state index is 0.0415. The molecule has 1 heteroatoms. The number of carbonyl (C=O) groups is 1. The number of carbonyl (C=O) groups excluding carboxylic acids is 1. The van der Waals surface area contributed by atoms with Gasteiger partial charge in [-0.1, -0.05) is 30.4 Å². The SMILES string of the molecule is Cc1cccc2c1CCC1(CC3C=CC1C3)C2=O. The molecule has 1 spiro atoms. The first-order chi connectivity index (χ1) is 8.71. The van der Waals surface area contributed by atoms with Crippen LogP contribution in [0.1, 0.15) is 40.7 Å². The van der Waals surface area contributed by atoms with Crippen molar-refractivity contribution in [3.05, 3.63) is 47.0 Å². The van der Waals surface area contributed by atoms with E-state index in [0.29, 0.717) is 17.6 Å². The third-order valence-electron chi connectivity index (χ3n) is 5.44. The second-order valence-electron chi connectivity index (χ2n) is 6.28. The monoisotopic (exact) mass is 238 g/mol. The lowest BCUT2D eigenvalue weighted by Gasteiger charge is -2.38. The Balaban J connectivity index is 1.84. The van der Waals surface area contributed by atoms with Gasteiger partial charge >= 0.3 is 0 Å². The number of hydrogen-bond donors (Lipinski definition) is 0. The molecule has 0 saturated heterocycles. The molecule has 2 bridgehead atoms. The van der Waals surface area contributed by atoms with Crippen LogP contribution in [-0.2, 0) is 6.42 Å². The molecule has 1 fully saturated rings. The summed E-state index contributed by atoms with van der Waals surface area (Å²) in [6.07, 6.45) is 9.11. The molecule has 92 valence electrons. The number of benzene rings is 1. The van der Waals surface area contributed by atoms with Gasteiger partial charge in [0.05, 0.1) is 0 Å². The first-order valence-corrected chi connectivity index (χ1v) is 7.02. The maximum Gasteiger partial charge on any atom is 0.169 e. The molecule has 0 aliphatic heterocycles. The number of aryl methyl sites for hydroxylation is 1. The van der Waals surface area contributed by atoms with Crippen molar-refractivity contribution in [2.75, 3.05) is 0 Å². The maximum atomic E-state index is 12.9. The molecular formula is C17H18O. The number of fused-ring (bicyclic) bond motifs is 4. The summed E-state index contributed by atoms with van der Waals surface area (Å²) >= 11 is 0. The van der Waals surface area contributed by atoms with E-state index in [1.165, 1.54) is 17.5 Å². The van der Waals surface area contributed by atoms with Gasteiger partial charge in [-0.15, -0.1) is 0 Å². The quantitative estimate of drug-likeness (QED) is 0.630. The lowest BCUT2D eigenvalue weighted by atomic mass is 9.63. The zero-order valence-corrected chi connectivity index (χ0v) is 10.8. The van der Waals surface area contributed by atoms with E-state index in [9.17, 15) is 4.79 Å². The molecule has 18 heavy (non-hydrogen) atoms. The summed E-state index contributed by atoms with van der Waals surface area (Å²) in [6, 6.07) is 6.21. The van der Waals surface area contributed by atoms with Gasteiger partial charge < -0.3 is 0 Å². The van der Waals surface area contributed by atoms with E-state index in [-0.39, 0.29) is 5.41 Å². The molecule has 3 aliphatic rings. The summed E-state index contributed by atoms with van der Waals surface area (Å²) in [6.45, 7) is 2.13. The number of Topliss-reactive ketones (excluding diaryl/α,β-unsaturated/α-hetero) is 1. The predicted molar refractivity (Wildman–Crippen MR) is 71.6 cm³/mol. The summed E-state index contributed by atoms with van der Waals surface area (Å²) in [5.41, 5.74) is 3.57. The molecule has 3 unspecified atom stereocenters. The Morgan fingerprint density at radius 3 is 2.89 bits per heavy atom. The van der Waals surface area contributed by atoms with Crippen molar-refractivity contribution >= 4 is 5.78 Å². The molecule has 0 radical (unpaired) electrons. The Hall–Kier alpha value is -1.37. The Bertz CT molecular complexity index is 569. The van der Waals surface area contributed by atoms with Gasteiger partial charge in [-0.25, -0.2) is 0 Å². The maximum absolute atomic E-state index is 12.9. The van der Waals surface area contributed by atoms with Gasteiger partial charge in [0, 0.05) is 11.0 Å². The fourth-order valence-electron chi connectivity index (χ4n) is 4.48. The fraction of sp³-hybridized carbons (Fsp3) is 0.471. The summed E-state index contributed by atoms with van der Waals surface area (Å²) in [4.78, 5) is 12.9. The van der Waals surface area contributed by atoms with Gasteiger partial charge in [-0.05, 0) is 55.6 Å².